The van der Waals surface area contributed by atoms with Gasteiger partial charge in [0.15, 0.2) is 6.61 Å². The largest absolute Gasteiger partial charge is 0.455 e. The Hall–Kier alpha value is -3.28. The number of aromatic nitrogens is 1. The van der Waals surface area contributed by atoms with Gasteiger partial charge < -0.3 is 4.74 Å². The molecule has 0 saturated carbocycles. The number of rotatable bonds is 19. The van der Waals surface area contributed by atoms with Gasteiger partial charge in [0.2, 0.25) is 0 Å². The van der Waals surface area contributed by atoms with E-state index in [2.05, 4.69) is 16.6 Å². The Kier molecular flexibility index (Phi) is 13.1. The SMILES string of the molecule is CCCCCCCCCc1ccc(-c2ccc(C(=O)OCC(F)(F)C(F)(F)C(F)(F)C(F)(F)C(F)(F)C(F)(F)C(F)(F)C(F)F)cc2)nc1. The van der Waals surface area contributed by atoms with E-state index in [0.717, 1.165) is 68.4 Å². The van der Waals surface area contributed by atoms with E-state index in [1.807, 2.05) is 0 Å². The van der Waals surface area contributed by atoms with Crippen molar-refractivity contribution in [3.8, 4) is 11.3 Å². The molecule has 0 spiro atoms. The van der Waals surface area contributed by atoms with Gasteiger partial charge in [0, 0.05) is 11.8 Å². The third-order valence-electron chi connectivity index (χ3n) is 7.42. The fourth-order valence-electron chi connectivity index (χ4n) is 4.30. The third-order valence-corrected chi connectivity index (χ3v) is 7.42. The lowest BCUT2D eigenvalue weighted by atomic mass is 9.89. The van der Waals surface area contributed by atoms with Gasteiger partial charge in [-0.1, -0.05) is 63.6 Å². The molecular formula is C30H29F16NO2. The molecule has 278 valence electrons. The number of benzene rings is 1. The molecule has 2 aromatic rings. The minimum Gasteiger partial charge on any atom is -0.455 e. The van der Waals surface area contributed by atoms with E-state index in [9.17, 15) is 75.0 Å². The van der Waals surface area contributed by atoms with E-state index < -0.39 is 66.0 Å². The van der Waals surface area contributed by atoms with Crippen molar-refractivity contribution >= 4 is 5.97 Å². The molecule has 19 heteroatoms. The van der Waals surface area contributed by atoms with Crippen LogP contribution >= 0.6 is 0 Å². The smallest absolute Gasteiger partial charge is 0.385 e. The summed E-state index contributed by atoms with van der Waals surface area (Å²) < 4.78 is 219. The van der Waals surface area contributed by atoms with Gasteiger partial charge in [-0.2, -0.15) is 61.5 Å². The van der Waals surface area contributed by atoms with Crippen molar-refractivity contribution in [1.82, 2.24) is 4.98 Å². The molecule has 2 rings (SSSR count). The van der Waals surface area contributed by atoms with Crippen LogP contribution in [0.1, 0.15) is 67.8 Å². The lowest BCUT2D eigenvalue weighted by Gasteiger charge is -2.42. The third kappa shape index (κ3) is 8.21. The Labute approximate surface area is 269 Å². The molecule has 3 nitrogen and oxygen atoms in total. The number of carbonyl (C=O) groups is 1. The summed E-state index contributed by atoms with van der Waals surface area (Å²) >= 11 is 0. The molecule has 0 fully saturated rings. The summed E-state index contributed by atoms with van der Waals surface area (Å²) in [5.74, 6) is -57.6. The fraction of sp³-hybridized carbons (Fsp3) is 0.600. The summed E-state index contributed by atoms with van der Waals surface area (Å²) in [5, 5.41) is 0. The predicted molar refractivity (Wildman–Crippen MR) is 142 cm³/mol. The maximum Gasteiger partial charge on any atom is 0.385 e. The summed E-state index contributed by atoms with van der Waals surface area (Å²) in [6.07, 6.45) is 4.09. The van der Waals surface area contributed by atoms with Crippen molar-refractivity contribution in [2.45, 2.75) is 106 Å². The van der Waals surface area contributed by atoms with E-state index in [0.29, 0.717) is 11.3 Å². The molecule has 0 aliphatic heterocycles. The van der Waals surface area contributed by atoms with E-state index in [-0.39, 0.29) is 0 Å². The standard InChI is InChI=1S/C30H29F16NO2/c1-2-3-4-5-6-7-8-9-18-10-15-21(47-16-18)19-11-13-20(14-12-19)22(48)49-17-24(33,34)26(37,38)28(41,42)30(45,46)29(43,44)27(39,40)25(35,36)23(31)32/h10-16,23H,2-9,17H2,1H3. The molecule has 0 aliphatic carbocycles. The molecule has 0 bridgehead atoms. The highest BCUT2D eigenvalue weighted by Gasteiger charge is 2.93. The van der Waals surface area contributed by atoms with Crippen LogP contribution in [0.5, 0.6) is 0 Å². The Morgan fingerprint density at radius 3 is 1.63 bits per heavy atom. The predicted octanol–water partition coefficient (Wildman–Crippen LogP) is 10.9. The van der Waals surface area contributed by atoms with Crippen molar-refractivity contribution < 1.29 is 79.8 Å². The molecule has 1 aromatic carbocycles. The molecule has 0 radical (unpaired) electrons. The van der Waals surface area contributed by atoms with Crippen molar-refractivity contribution in [2.24, 2.45) is 0 Å². The Morgan fingerprint density at radius 1 is 0.653 bits per heavy atom. The maximum atomic E-state index is 14.1. The number of ether oxygens (including phenoxy) is 1. The van der Waals surface area contributed by atoms with Gasteiger partial charge in [0.05, 0.1) is 11.3 Å². The Bertz CT molecular complexity index is 1360. The second-order valence-electron chi connectivity index (χ2n) is 11.1. The normalized spacial score (nSPS) is 14.0. The first-order valence-corrected chi connectivity index (χ1v) is 14.5. The van der Waals surface area contributed by atoms with Gasteiger partial charge in [-0.3, -0.25) is 4.98 Å². The first-order valence-electron chi connectivity index (χ1n) is 14.5. The monoisotopic (exact) mass is 739 g/mol. The number of pyridine rings is 1. The van der Waals surface area contributed by atoms with Crippen molar-refractivity contribution in [1.29, 1.82) is 0 Å². The summed E-state index contributed by atoms with van der Waals surface area (Å²) in [7, 11) is 0. The first kappa shape index (κ1) is 41.9. The number of esters is 1. The van der Waals surface area contributed by atoms with Crippen LogP contribution in [0.4, 0.5) is 70.2 Å². The number of unbranched alkanes of at least 4 members (excludes halogenated alkanes) is 6. The second kappa shape index (κ2) is 15.3. The second-order valence-corrected chi connectivity index (χ2v) is 11.1. The minimum atomic E-state index is -8.52. The molecule has 0 saturated heterocycles. The molecule has 0 unspecified atom stereocenters. The van der Waals surface area contributed by atoms with Crippen LogP contribution in [0.3, 0.4) is 0 Å². The summed E-state index contributed by atoms with van der Waals surface area (Å²) in [6, 6.07) is 7.41. The quantitative estimate of drug-likeness (QED) is 0.0818. The molecule has 0 N–H and O–H groups in total. The maximum absolute atomic E-state index is 14.1. The van der Waals surface area contributed by atoms with Crippen LogP contribution in [0.25, 0.3) is 11.3 Å². The average Bonchev–Trinajstić information content (AvgIpc) is 3.03. The Morgan fingerprint density at radius 2 is 1.14 bits per heavy atom. The fourth-order valence-corrected chi connectivity index (χ4v) is 4.30. The minimum absolute atomic E-state index is 0.327. The molecule has 0 amide bonds. The summed E-state index contributed by atoms with van der Waals surface area (Å²) in [4.78, 5) is 16.3. The zero-order valence-corrected chi connectivity index (χ0v) is 25.3. The Balaban J connectivity index is 2.12. The topological polar surface area (TPSA) is 39.2 Å². The van der Waals surface area contributed by atoms with Crippen molar-refractivity contribution in [2.75, 3.05) is 6.61 Å². The average molecular weight is 740 g/mol. The highest BCUT2D eigenvalue weighted by Crippen LogP contribution is 2.62. The number of halogens is 16. The zero-order valence-electron chi connectivity index (χ0n) is 25.3. The van der Waals surface area contributed by atoms with Crippen LogP contribution in [0.15, 0.2) is 42.6 Å². The molecule has 49 heavy (non-hydrogen) atoms. The first-order chi connectivity index (χ1) is 22.3. The van der Waals surface area contributed by atoms with E-state index in [1.165, 1.54) is 12.8 Å². The number of carbonyl (C=O) groups excluding carboxylic acids is 1. The van der Waals surface area contributed by atoms with Crippen LogP contribution in [0, 0.1) is 0 Å². The lowest BCUT2D eigenvalue weighted by molar-refractivity contribution is -0.447. The van der Waals surface area contributed by atoms with Gasteiger partial charge in [-0.25, -0.2) is 13.6 Å². The lowest BCUT2D eigenvalue weighted by Crippen LogP contribution is -2.74. The number of aryl methyl sites for hydroxylation is 1. The highest BCUT2D eigenvalue weighted by atomic mass is 19.4. The van der Waals surface area contributed by atoms with Gasteiger partial charge in [-0.05, 0) is 36.6 Å². The zero-order chi connectivity index (χ0) is 37.7. The van der Waals surface area contributed by atoms with E-state index in [4.69, 9.17) is 0 Å². The number of alkyl halides is 16. The van der Waals surface area contributed by atoms with Crippen LogP contribution in [-0.2, 0) is 11.2 Å². The summed E-state index contributed by atoms with van der Waals surface area (Å²) in [6.45, 7) is -1.13. The van der Waals surface area contributed by atoms with Gasteiger partial charge in [0.1, 0.15) is 0 Å². The molecule has 1 heterocycles. The van der Waals surface area contributed by atoms with Gasteiger partial charge in [-0.15, -0.1) is 0 Å². The number of hydrogen-bond donors (Lipinski definition) is 0. The van der Waals surface area contributed by atoms with Gasteiger partial charge >= 0.3 is 53.9 Å². The molecule has 1 aromatic heterocycles. The van der Waals surface area contributed by atoms with E-state index in [1.54, 1.807) is 18.3 Å². The van der Waals surface area contributed by atoms with E-state index >= 15 is 0 Å². The molecule has 0 atom stereocenters. The van der Waals surface area contributed by atoms with Crippen molar-refractivity contribution in [3.05, 3.63) is 53.7 Å². The number of nitrogens with zero attached hydrogens (tertiary/aromatic N) is 1. The number of hydrogen-bond acceptors (Lipinski definition) is 3. The van der Waals surface area contributed by atoms with Crippen molar-refractivity contribution in [3.63, 3.8) is 0 Å². The molecule has 0 aliphatic rings. The molecular weight excluding hydrogens is 710 g/mol. The summed E-state index contributed by atoms with van der Waals surface area (Å²) in [5.41, 5.74) is 0.886. The van der Waals surface area contributed by atoms with Crippen LogP contribution < -0.4 is 0 Å². The van der Waals surface area contributed by atoms with Gasteiger partial charge in [0.25, 0.3) is 0 Å². The highest BCUT2D eigenvalue weighted by molar-refractivity contribution is 5.90. The van der Waals surface area contributed by atoms with Crippen LogP contribution in [-0.4, -0.2) is 65.4 Å². The van der Waals surface area contributed by atoms with Crippen LogP contribution in [0.2, 0.25) is 0 Å².